The molecular weight excluding hydrogens is 264 g/mol. The maximum atomic E-state index is 11.9. The summed E-state index contributed by atoms with van der Waals surface area (Å²) in [4.78, 5) is 23.9. The average molecular weight is 288 g/mol. The van der Waals surface area contributed by atoms with Gasteiger partial charge in [-0.1, -0.05) is 6.42 Å². The van der Waals surface area contributed by atoms with Crippen molar-refractivity contribution in [1.29, 1.82) is 0 Å². The number of amides is 2. The highest BCUT2D eigenvalue weighted by Gasteiger charge is 2.27. The molecule has 0 bridgehead atoms. The molecule has 7 heteroatoms. The number of aliphatic carboxylic acids is 1. The average Bonchev–Trinajstić information content (AvgIpc) is 2.41. The van der Waals surface area contributed by atoms with Crippen molar-refractivity contribution in [3.8, 4) is 0 Å². The Labute approximate surface area is 118 Å². The number of aliphatic hydroxyl groups excluding tert-OH is 1. The number of carbonyl (C=O) groups excluding carboxylic acids is 1. The Morgan fingerprint density at radius 2 is 2.05 bits per heavy atom. The molecule has 0 aromatic heterocycles. The Balaban J connectivity index is 2.17. The zero-order valence-corrected chi connectivity index (χ0v) is 11.9. The van der Waals surface area contributed by atoms with Crippen LogP contribution in [0.4, 0.5) is 4.79 Å². The number of ether oxygens (including phenoxy) is 1. The van der Waals surface area contributed by atoms with Crippen molar-refractivity contribution in [3.05, 3.63) is 0 Å². The van der Waals surface area contributed by atoms with Gasteiger partial charge in [-0.25, -0.2) is 4.79 Å². The van der Waals surface area contributed by atoms with E-state index in [4.69, 9.17) is 14.9 Å². The first-order chi connectivity index (χ1) is 9.52. The van der Waals surface area contributed by atoms with Crippen LogP contribution in [0, 0.1) is 0 Å². The van der Waals surface area contributed by atoms with E-state index in [0.717, 1.165) is 12.8 Å². The van der Waals surface area contributed by atoms with Crippen LogP contribution in [0.2, 0.25) is 0 Å². The lowest BCUT2D eigenvalue weighted by atomic mass is 10.2. The number of nitrogens with one attached hydrogen (secondary N) is 1. The minimum Gasteiger partial charge on any atom is -0.481 e. The number of rotatable bonds is 7. The van der Waals surface area contributed by atoms with Crippen LogP contribution in [0.5, 0.6) is 0 Å². The van der Waals surface area contributed by atoms with E-state index < -0.39 is 5.97 Å². The Morgan fingerprint density at radius 1 is 1.30 bits per heavy atom. The van der Waals surface area contributed by atoms with Gasteiger partial charge in [0.25, 0.3) is 0 Å². The summed E-state index contributed by atoms with van der Waals surface area (Å²) < 4.78 is 5.47. The Morgan fingerprint density at radius 3 is 2.70 bits per heavy atom. The number of hydrogen-bond acceptors (Lipinski definition) is 4. The fourth-order valence-corrected chi connectivity index (χ4v) is 2.20. The van der Waals surface area contributed by atoms with Crippen molar-refractivity contribution in [2.45, 2.75) is 44.8 Å². The monoisotopic (exact) mass is 288 g/mol. The smallest absolute Gasteiger partial charge is 0.317 e. The van der Waals surface area contributed by atoms with Crippen molar-refractivity contribution < 1.29 is 24.5 Å². The number of carboxylic acids is 1. The van der Waals surface area contributed by atoms with Crippen LogP contribution in [0.3, 0.4) is 0 Å². The van der Waals surface area contributed by atoms with Gasteiger partial charge >= 0.3 is 12.0 Å². The van der Waals surface area contributed by atoms with Crippen molar-refractivity contribution >= 4 is 12.0 Å². The largest absolute Gasteiger partial charge is 0.481 e. The van der Waals surface area contributed by atoms with Crippen LogP contribution < -0.4 is 5.32 Å². The number of nitrogens with zero attached hydrogens (tertiary/aromatic N) is 1. The lowest BCUT2D eigenvalue weighted by Crippen LogP contribution is -2.53. The van der Waals surface area contributed by atoms with E-state index in [-0.39, 0.29) is 31.3 Å². The van der Waals surface area contributed by atoms with Gasteiger partial charge in [-0.2, -0.15) is 0 Å². The normalized spacial score (nSPS) is 22.6. The van der Waals surface area contributed by atoms with Gasteiger partial charge in [0.15, 0.2) is 0 Å². The number of morpholine rings is 1. The van der Waals surface area contributed by atoms with Gasteiger partial charge in [0, 0.05) is 19.5 Å². The van der Waals surface area contributed by atoms with Crippen LogP contribution >= 0.6 is 0 Å². The highest BCUT2D eigenvalue weighted by atomic mass is 16.5. The molecule has 1 aliphatic heterocycles. The highest BCUT2D eigenvalue weighted by molar-refractivity contribution is 5.74. The molecule has 0 aromatic carbocycles. The summed E-state index contributed by atoms with van der Waals surface area (Å²) in [5, 5.41) is 20.4. The molecule has 116 valence electrons. The molecule has 0 radical (unpaired) electrons. The number of aliphatic hydroxyl groups is 1. The van der Waals surface area contributed by atoms with Crippen molar-refractivity contribution in [3.63, 3.8) is 0 Å². The molecule has 2 amide bonds. The van der Waals surface area contributed by atoms with E-state index in [0.29, 0.717) is 26.1 Å². The van der Waals surface area contributed by atoms with E-state index in [1.807, 2.05) is 6.92 Å². The molecule has 7 nitrogen and oxygen atoms in total. The Bertz CT molecular complexity index is 324. The quantitative estimate of drug-likeness (QED) is 0.590. The zero-order chi connectivity index (χ0) is 15.0. The van der Waals surface area contributed by atoms with Gasteiger partial charge in [-0.15, -0.1) is 0 Å². The highest BCUT2D eigenvalue weighted by Crippen LogP contribution is 2.10. The number of carboxylic acid groups (broad SMARTS) is 1. The summed E-state index contributed by atoms with van der Waals surface area (Å²) in [5.74, 6) is -0.786. The fraction of sp³-hybridized carbons (Fsp3) is 0.846. The zero-order valence-electron chi connectivity index (χ0n) is 11.9. The third kappa shape index (κ3) is 6.21. The van der Waals surface area contributed by atoms with E-state index in [1.165, 1.54) is 0 Å². The number of urea groups is 1. The third-order valence-corrected chi connectivity index (χ3v) is 3.16. The molecule has 2 atom stereocenters. The lowest BCUT2D eigenvalue weighted by molar-refractivity contribution is -0.137. The molecule has 0 aromatic rings. The summed E-state index contributed by atoms with van der Waals surface area (Å²) in [6.07, 6.45) is 1.95. The van der Waals surface area contributed by atoms with Gasteiger partial charge in [0.05, 0.1) is 25.4 Å². The Hall–Kier alpha value is -1.34. The van der Waals surface area contributed by atoms with E-state index >= 15 is 0 Å². The molecule has 1 rings (SSSR count). The van der Waals surface area contributed by atoms with Crippen LogP contribution in [0.15, 0.2) is 0 Å². The Kier molecular flexibility index (Phi) is 7.32. The lowest BCUT2D eigenvalue weighted by Gasteiger charge is -2.36. The first kappa shape index (κ1) is 16.7. The molecule has 2 unspecified atom stereocenters. The van der Waals surface area contributed by atoms with Crippen molar-refractivity contribution in [1.82, 2.24) is 10.2 Å². The van der Waals surface area contributed by atoms with Crippen LogP contribution in [0.25, 0.3) is 0 Å². The molecule has 20 heavy (non-hydrogen) atoms. The van der Waals surface area contributed by atoms with Crippen LogP contribution in [-0.2, 0) is 9.53 Å². The molecule has 1 fully saturated rings. The number of unbranched alkanes of at least 4 members (excludes halogenated alkanes) is 2. The predicted molar refractivity (Wildman–Crippen MR) is 72.5 cm³/mol. The predicted octanol–water partition coefficient (Wildman–Crippen LogP) is 0.423. The standard InChI is InChI=1S/C13H24N2O5/c1-10-7-15(8-11(9-16)20-10)13(19)14-6-4-2-3-5-12(17)18/h10-11,16H,2-9H2,1H3,(H,14,19)(H,17,18). The van der Waals surface area contributed by atoms with Crippen LogP contribution in [-0.4, -0.2) is 65.6 Å². The van der Waals surface area contributed by atoms with Crippen molar-refractivity contribution in [2.24, 2.45) is 0 Å². The maximum Gasteiger partial charge on any atom is 0.317 e. The molecule has 0 aliphatic carbocycles. The SMILES string of the molecule is CC1CN(C(=O)NCCCCCC(=O)O)CC(CO)O1. The first-order valence-corrected chi connectivity index (χ1v) is 7.03. The molecule has 3 N–H and O–H groups in total. The first-order valence-electron chi connectivity index (χ1n) is 7.03. The van der Waals surface area contributed by atoms with E-state index in [2.05, 4.69) is 5.32 Å². The summed E-state index contributed by atoms with van der Waals surface area (Å²) in [6.45, 7) is 3.22. The molecule has 1 saturated heterocycles. The van der Waals surface area contributed by atoms with E-state index in [9.17, 15) is 9.59 Å². The van der Waals surface area contributed by atoms with Gasteiger partial charge < -0.3 is 25.2 Å². The second kappa shape index (κ2) is 8.76. The van der Waals surface area contributed by atoms with Gasteiger partial charge in [-0.3, -0.25) is 4.79 Å². The molecule has 1 aliphatic rings. The van der Waals surface area contributed by atoms with Gasteiger partial charge in [-0.05, 0) is 19.8 Å². The summed E-state index contributed by atoms with van der Waals surface area (Å²) in [6, 6.07) is -0.156. The summed E-state index contributed by atoms with van der Waals surface area (Å²) in [5.41, 5.74) is 0. The van der Waals surface area contributed by atoms with E-state index in [1.54, 1.807) is 4.90 Å². The van der Waals surface area contributed by atoms with Gasteiger partial charge in [0.2, 0.25) is 0 Å². The summed E-state index contributed by atoms with van der Waals surface area (Å²) in [7, 11) is 0. The minimum atomic E-state index is -0.786. The third-order valence-electron chi connectivity index (χ3n) is 3.16. The molecule has 1 heterocycles. The molecule has 0 saturated carbocycles. The van der Waals surface area contributed by atoms with Crippen LogP contribution in [0.1, 0.15) is 32.6 Å². The van der Waals surface area contributed by atoms with Crippen molar-refractivity contribution in [2.75, 3.05) is 26.2 Å². The number of carbonyl (C=O) groups is 2. The van der Waals surface area contributed by atoms with Gasteiger partial charge in [0.1, 0.15) is 0 Å². The minimum absolute atomic E-state index is 0.0813. The maximum absolute atomic E-state index is 11.9. The molecular formula is C13H24N2O5. The fourth-order valence-electron chi connectivity index (χ4n) is 2.20. The number of hydrogen-bond donors (Lipinski definition) is 3. The summed E-state index contributed by atoms with van der Waals surface area (Å²) >= 11 is 0. The topological polar surface area (TPSA) is 99.1 Å². The molecule has 0 spiro atoms. The second-order valence-electron chi connectivity index (χ2n) is 5.09. The second-order valence-corrected chi connectivity index (χ2v) is 5.09.